The number of pyridine rings is 3. The van der Waals surface area contributed by atoms with E-state index in [1.165, 1.54) is 20.0 Å². The van der Waals surface area contributed by atoms with Gasteiger partial charge in [0.05, 0.1) is 44.2 Å². The molecule has 0 aliphatic carbocycles. The Labute approximate surface area is 286 Å². The van der Waals surface area contributed by atoms with Crippen LogP contribution >= 0.6 is 0 Å². The number of aromatic nitrogens is 3. The minimum atomic E-state index is -0.407. The van der Waals surface area contributed by atoms with E-state index in [1.54, 1.807) is 50.5 Å². The molecule has 1 aromatic carbocycles. The van der Waals surface area contributed by atoms with E-state index in [0.717, 1.165) is 98.2 Å². The highest BCUT2D eigenvalue weighted by Gasteiger charge is 2.36. The van der Waals surface area contributed by atoms with Crippen LogP contribution in [0.5, 0.6) is 11.5 Å². The molecule has 6 heterocycles. The van der Waals surface area contributed by atoms with Gasteiger partial charge in [-0.25, -0.2) is 9.78 Å². The number of hydrogen-bond acceptors (Lipinski definition) is 11. The zero-order valence-corrected chi connectivity index (χ0v) is 28.8. The van der Waals surface area contributed by atoms with Crippen molar-refractivity contribution in [1.29, 1.82) is 0 Å². The SMILES string of the molecule is COC(=O)c1ccc(N2CC(N3CCC(N4CCN(Cc5c(OC)cc(-c6cn(C)c(=O)c7cnccc67)cc5OC)CC4)CC3)C2)cn1. The first-order chi connectivity index (χ1) is 23.9. The van der Waals surface area contributed by atoms with Gasteiger partial charge in [-0.05, 0) is 54.1 Å². The first kappa shape index (κ1) is 33.0. The number of piperazine rings is 1. The normalized spacial score (nSPS) is 18.4. The molecule has 0 saturated carbocycles. The van der Waals surface area contributed by atoms with Crippen LogP contribution in [0.1, 0.15) is 28.9 Å². The van der Waals surface area contributed by atoms with E-state index < -0.39 is 5.97 Å². The number of methoxy groups -OCH3 is 3. The Balaban J connectivity index is 0.930. The van der Waals surface area contributed by atoms with Gasteiger partial charge in [0.25, 0.3) is 5.56 Å². The molecular formula is C37H45N7O5. The third-order valence-electron chi connectivity index (χ3n) is 10.6. The van der Waals surface area contributed by atoms with Gasteiger partial charge in [0.1, 0.15) is 17.2 Å². The molecule has 3 aliphatic heterocycles. The number of carbonyl (C=O) groups excluding carboxylic acids is 1. The smallest absolute Gasteiger partial charge is 0.356 e. The molecule has 0 radical (unpaired) electrons. The predicted molar refractivity (Wildman–Crippen MR) is 189 cm³/mol. The number of ether oxygens (including phenoxy) is 3. The summed E-state index contributed by atoms with van der Waals surface area (Å²) in [5.74, 6) is 1.16. The summed E-state index contributed by atoms with van der Waals surface area (Å²) in [6.45, 7) is 9.09. The van der Waals surface area contributed by atoms with Crippen LogP contribution in [0.4, 0.5) is 5.69 Å². The Morgan fingerprint density at radius 1 is 0.857 bits per heavy atom. The number of aryl methyl sites for hydroxylation is 1. The standard InChI is InChI=1S/C37H45N7O5/c1-40-23-31(29-7-10-38-20-30(29)36(40)45)25-17-34(47-2)32(35(18-25)48-3)24-41-13-15-43(16-14-41)26-8-11-42(12-9-26)28-21-44(22-28)27-5-6-33(39-19-27)37(46)49-4/h5-7,10,17-20,23,26,28H,8-9,11-16,21-22,24H2,1-4H3. The Kier molecular flexibility index (Phi) is 9.53. The Hall–Kier alpha value is -4.52. The summed E-state index contributed by atoms with van der Waals surface area (Å²) < 4.78 is 18.2. The van der Waals surface area contributed by atoms with Crippen LogP contribution in [0.15, 0.2) is 59.9 Å². The zero-order chi connectivity index (χ0) is 34.1. The van der Waals surface area contributed by atoms with Gasteiger partial charge in [-0.3, -0.25) is 24.5 Å². The fraction of sp³-hybridized carbons (Fsp3) is 0.459. The Morgan fingerprint density at radius 2 is 1.55 bits per heavy atom. The van der Waals surface area contributed by atoms with Crippen molar-refractivity contribution < 1.29 is 19.0 Å². The molecule has 4 aromatic rings. The summed E-state index contributed by atoms with van der Waals surface area (Å²) >= 11 is 0. The van der Waals surface area contributed by atoms with E-state index in [-0.39, 0.29) is 5.56 Å². The summed E-state index contributed by atoms with van der Waals surface area (Å²) in [6, 6.07) is 10.9. The lowest BCUT2D eigenvalue weighted by Crippen LogP contribution is -2.62. The van der Waals surface area contributed by atoms with Crippen LogP contribution < -0.4 is 19.9 Å². The molecule has 0 N–H and O–H groups in total. The second kappa shape index (κ2) is 14.1. The molecule has 12 heteroatoms. The summed E-state index contributed by atoms with van der Waals surface area (Å²) in [6.07, 6.45) is 9.38. The number of benzene rings is 1. The van der Waals surface area contributed by atoms with Crippen LogP contribution in [0, 0.1) is 0 Å². The van der Waals surface area contributed by atoms with Crippen molar-refractivity contribution in [2.45, 2.75) is 31.5 Å². The molecule has 49 heavy (non-hydrogen) atoms. The van der Waals surface area contributed by atoms with E-state index in [1.807, 2.05) is 18.3 Å². The number of piperidine rings is 1. The van der Waals surface area contributed by atoms with Gasteiger partial charge in [-0.1, -0.05) is 0 Å². The highest BCUT2D eigenvalue weighted by Crippen LogP contribution is 2.38. The maximum absolute atomic E-state index is 12.7. The first-order valence-electron chi connectivity index (χ1n) is 17.0. The second-order valence-electron chi connectivity index (χ2n) is 13.3. The third-order valence-corrected chi connectivity index (χ3v) is 10.6. The van der Waals surface area contributed by atoms with Crippen molar-refractivity contribution in [3.8, 4) is 22.6 Å². The summed E-state index contributed by atoms with van der Waals surface area (Å²) in [5, 5.41) is 1.44. The van der Waals surface area contributed by atoms with E-state index in [9.17, 15) is 9.59 Å². The number of hydrogen-bond donors (Lipinski definition) is 0. The van der Waals surface area contributed by atoms with Crippen molar-refractivity contribution in [2.75, 3.05) is 78.6 Å². The molecule has 0 amide bonds. The molecule has 258 valence electrons. The number of anilines is 1. The molecular weight excluding hydrogens is 622 g/mol. The zero-order valence-electron chi connectivity index (χ0n) is 28.8. The van der Waals surface area contributed by atoms with Crippen LogP contribution in [-0.4, -0.2) is 121 Å². The summed E-state index contributed by atoms with van der Waals surface area (Å²) in [5.41, 5.74) is 4.22. The molecule has 12 nitrogen and oxygen atoms in total. The van der Waals surface area contributed by atoms with Crippen molar-refractivity contribution in [3.05, 3.63) is 76.7 Å². The number of nitrogens with zero attached hydrogens (tertiary/aromatic N) is 7. The molecule has 3 fully saturated rings. The minimum absolute atomic E-state index is 0.0720. The Bertz CT molecular complexity index is 1830. The first-order valence-corrected chi connectivity index (χ1v) is 17.0. The maximum Gasteiger partial charge on any atom is 0.356 e. The number of esters is 1. The van der Waals surface area contributed by atoms with E-state index in [0.29, 0.717) is 23.2 Å². The molecule has 3 aliphatic rings. The average molecular weight is 668 g/mol. The lowest BCUT2D eigenvalue weighted by Gasteiger charge is -2.50. The van der Waals surface area contributed by atoms with Crippen molar-refractivity contribution in [1.82, 2.24) is 29.2 Å². The summed E-state index contributed by atoms with van der Waals surface area (Å²) in [4.78, 5) is 43.0. The Morgan fingerprint density at radius 3 is 2.18 bits per heavy atom. The monoisotopic (exact) mass is 667 g/mol. The van der Waals surface area contributed by atoms with Gasteiger partial charge in [0, 0.05) is 102 Å². The van der Waals surface area contributed by atoms with Gasteiger partial charge in [0.15, 0.2) is 0 Å². The van der Waals surface area contributed by atoms with Gasteiger partial charge >= 0.3 is 5.97 Å². The maximum atomic E-state index is 12.7. The van der Waals surface area contributed by atoms with E-state index in [4.69, 9.17) is 14.2 Å². The lowest BCUT2D eigenvalue weighted by molar-refractivity contribution is 0.0407. The largest absolute Gasteiger partial charge is 0.496 e. The van der Waals surface area contributed by atoms with Gasteiger partial charge in [-0.2, -0.15) is 0 Å². The fourth-order valence-corrected chi connectivity index (χ4v) is 7.66. The molecule has 3 aromatic heterocycles. The highest BCUT2D eigenvalue weighted by molar-refractivity contribution is 5.95. The van der Waals surface area contributed by atoms with Crippen molar-refractivity contribution >= 4 is 22.4 Å². The number of likely N-dealkylation sites (tertiary alicyclic amines) is 1. The summed E-state index contributed by atoms with van der Waals surface area (Å²) in [7, 11) is 6.55. The molecule has 0 unspecified atom stereocenters. The topological polar surface area (TPSA) is 106 Å². The van der Waals surface area contributed by atoms with Gasteiger partial charge in [-0.15, -0.1) is 0 Å². The van der Waals surface area contributed by atoms with Crippen LogP contribution in [0.3, 0.4) is 0 Å². The lowest BCUT2D eigenvalue weighted by atomic mass is 9.97. The van der Waals surface area contributed by atoms with Gasteiger partial charge < -0.3 is 23.7 Å². The van der Waals surface area contributed by atoms with E-state index in [2.05, 4.69) is 41.7 Å². The number of rotatable bonds is 9. The predicted octanol–water partition coefficient (Wildman–Crippen LogP) is 3.27. The highest BCUT2D eigenvalue weighted by atomic mass is 16.5. The van der Waals surface area contributed by atoms with Gasteiger partial charge in [0.2, 0.25) is 0 Å². The minimum Gasteiger partial charge on any atom is -0.496 e. The van der Waals surface area contributed by atoms with Crippen LogP contribution in [0.25, 0.3) is 21.9 Å². The number of fused-ring (bicyclic) bond motifs is 1. The quantitative estimate of drug-likeness (QED) is 0.246. The van der Waals surface area contributed by atoms with Crippen molar-refractivity contribution in [3.63, 3.8) is 0 Å². The molecule has 3 saturated heterocycles. The van der Waals surface area contributed by atoms with Crippen molar-refractivity contribution in [2.24, 2.45) is 7.05 Å². The van der Waals surface area contributed by atoms with Crippen LogP contribution in [-0.2, 0) is 18.3 Å². The third kappa shape index (κ3) is 6.60. The molecule has 7 rings (SSSR count). The average Bonchev–Trinajstić information content (AvgIpc) is 3.13. The fourth-order valence-electron chi connectivity index (χ4n) is 7.66. The second-order valence-corrected chi connectivity index (χ2v) is 13.3. The molecule has 0 atom stereocenters. The van der Waals surface area contributed by atoms with Crippen LogP contribution in [0.2, 0.25) is 0 Å². The molecule has 0 spiro atoms. The molecule has 0 bridgehead atoms. The van der Waals surface area contributed by atoms with E-state index >= 15 is 0 Å². The number of carbonyl (C=O) groups is 1.